The fourth-order valence-corrected chi connectivity index (χ4v) is 4.10. The second-order valence-corrected chi connectivity index (χ2v) is 7.68. The molecule has 0 spiro atoms. The van der Waals surface area contributed by atoms with Gasteiger partial charge >= 0.3 is 6.03 Å². The lowest BCUT2D eigenvalue weighted by Gasteiger charge is -2.27. The van der Waals surface area contributed by atoms with Crippen LogP contribution in [0.2, 0.25) is 5.02 Å². The minimum Gasteiger partial charge on any atom is -0.378 e. The molecule has 0 aliphatic heterocycles. The highest BCUT2D eigenvalue weighted by Gasteiger charge is 2.33. The lowest BCUT2D eigenvalue weighted by atomic mass is 9.94. The minimum absolute atomic E-state index is 0.0939. The lowest BCUT2D eigenvalue weighted by molar-refractivity contribution is 0.0863. The monoisotopic (exact) mass is 392 g/mol. The molecular weight excluding hydrogens is 376 g/mol. The predicted molar refractivity (Wildman–Crippen MR) is 103 cm³/mol. The first-order valence-electron chi connectivity index (χ1n) is 7.63. The number of hydrogen-bond acceptors (Lipinski definition) is 4. The van der Waals surface area contributed by atoms with Gasteiger partial charge in [0, 0.05) is 22.0 Å². The van der Waals surface area contributed by atoms with Crippen LogP contribution in [0.25, 0.3) is 0 Å². The number of carbonyl (C=O) groups excluding carboxylic acids is 1. The van der Waals surface area contributed by atoms with Gasteiger partial charge in [-0.05, 0) is 46.0 Å². The molecule has 0 unspecified atom stereocenters. The zero-order valence-corrected chi connectivity index (χ0v) is 15.6. The van der Waals surface area contributed by atoms with Crippen molar-refractivity contribution in [3.63, 3.8) is 0 Å². The van der Waals surface area contributed by atoms with Crippen LogP contribution in [0.4, 0.5) is 4.79 Å². The highest BCUT2D eigenvalue weighted by atomic mass is 35.5. The van der Waals surface area contributed by atoms with Crippen LogP contribution in [0, 0.1) is 0 Å². The third-order valence-corrected chi connectivity index (χ3v) is 5.75. The first-order chi connectivity index (χ1) is 12.1. The fourth-order valence-electron chi connectivity index (χ4n) is 2.40. The molecule has 130 valence electrons. The molecule has 4 nitrogen and oxygen atoms in total. The molecule has 0 aliphatic carbocycles. The Hall–Kier alpha value is -1.86. The van der Waals surface area contributed by atoms with E-state index in [0.29, 0.717) is 11.6 Å². The van der Waals surface area contributed by atoms with E-state index in [1.807, 2.05) is 46.5 Å². The summed E-state index contributed by atoms with van der Waals surface area (Å²) < 4.78 is 0. The standard InChI is InChI=1S/C18H17ClN2O2S2/c19-15-5-3-13(4-6-15)10-20-17(22)21-12-18(23,14-7-9-24-11-14)16-2-1-8-25-16/h1-9,11,23H,10,12H2,(H2,20,21,22)/t18-/m0/s1. The van der Waals surface area contributed by atoms with Crippen LogP contribution in [-0.4, -0.2) is 17.7 Å². The molecule has 7 heteroatoms. The molecule has 2 amide bonds. The summed E-state index contributed by atoms with van der Waals surface area (Å²) in [4.78, 5) is 12.9. The van der Waals surface area contributed by atoms with Crippen molar-refractivity contribution in [3.05, 3.63) is 79.6 Å². The number of amides is 2. The summed E-state index contributed by atoms with van der Waals surface area (Å²) in [7, 11) is 0. The molecule has 0 saturated heterocycles. The van der Waals surface area contributed by atoms with Crippen LogP contribution >= 0.6 is 34.3 Å². The number of carbonyl (C=O) groups is 1. The van der Waals surface area contributed by atoms with E-state index in [1.54, 1.807) is 12.1 Å². The molecule has 0 saturated carbocycles. The van der Waals surface area contributed by atoms with Gasteiger partial charge in [0.2, 0.25) is 0 Å². The van der Waals surface area contributed by atoms with E-state index in [1.165, 1.54) is 22.7 Å². The third kappa shape index (κ3) is 4.41. The van der Waals surface area contributed by atoms with Crippen LogP contribution in [-0.2, 0) is 12.1 Å². The average molecular weight is 393 g/mol. The normalized spacial score (nSPS) is 13.2. The zero-order valence-electron chi connectivity index (χ0n) is 13.2. The van der Waals surface area contributed by atoms with Crippen molar-refractivity contribution in [3.8, 4) is 0 Å². The van der Waals surface area contributed by atoms with Gasteiger partial charge in [0.05, 0.1) is 6.54 Å². The maximum atomic E-state index is 12.1. The molecule has 0 bridgehead atoms. The number of hydrogen-bond donors (Lipinski definition) is 3. The Morgan fingerprint density at radius 2 is 1.92 bits per heavy atom. The summed E-state index contributed by atoms with van der Waals surface area (Å²) in [6.45, 7) is 0.482. The van der Waals surface area contributed by atoms with Crippen molar-refractivity contribution in [2.75, 3.05) is 6.54 Å². The summed E-state index contributed by atoms with van der Waals surface area (Å²) >= 11 is 8.82. The van der Waals surface area contributed by atoms with Crippen molar-refractivity contribution >= 4 is 40.3 Å². The molecule has 3 aromatic rings. The van der Waals surface area contributed by atoms with Crippen molar-refractivity contribution in [1.82, 2.24) is 10.6 Å². The van der Waals surface area contributed by atoms with E-state index >= 15 is 0 Å². The minimum atomic E-state index is -1.23. The number of nitrogens with one attached hydrogen (secondary N) is 2. The highest BCUT2D eigenvalue weighted by molar-refractivity contribution is 7.10. The molecule has 25 heavy (non-hydrogen) atoms. The van der Waals surface area contributed by atoms with Gasteiger partial charge in [0.15, 0.2) is 0 Å². The van der Waals surface area contributed by atoms with Crippen LogP contribution in [0.15, 0.2) is 58.6 Å². The predicted octanol–water partition coefficient (Wildman–Crippen LogP) is 4.20. The number of aliphatic hydroxyl groups is 1. The molecule has 0 fully saturated rings. The maximum absolute atomic E-state index is 12.1. The molecule has 3 rings (SSSR count). The lowest BCUT2D eigenvalue weighted by Crippen LogP contribution is -2.44. The number of benzene rings is 1. The summed E-state index contributed by atoms with van der Waals surface area (Å²) in [5.74, 6) is 0. The van der Waals surface area contributed by atoms with Gasteiger partial charge in [0.1, 0.15) is 5.60 Å². The molecular formula is C18H17ClN2O2S2. The first kappa shape index (κ1) is 17.9. The Morgan fingerprint density at radius 1 is 1.12 bits per heavy atom. The Bertz CT molecular complexity index is 768. The largest absolute Gasteiger partial charge is 0.378 e. The summed E-state index contributed by atoms with van der Waals surface area (Å²) in [5, 5.41) is 23.1. The Morgan fingerprint density at radius 3 is 2.56 bits per heavy atom. The summed E-state index contributed by atoms with van der Waals surface area (Å²) in [6, 6.07) is 12.6. The number of rotatable bonds is 6. The van der Waals surface area contributed by atoms with Gasteiger partial charge in [-0.2, -0.15) is 11.3 Å². The van der Waals surface area contributed by atoms with Gasteiger partial charge in [-0.1, -0.05) is 29.8 Å². The SMILES string of the molecule is O=C(NCc1ccc(Cl)cc1)NC[C@](O)(c1ccsc1)c1cccs1. The van der Waals surface area contributed by atoms with Crippen molar-refractivity contribution in [2.45, 2.75) is 12.1 Å². The number of thiophene rings is 2. The van der Waals surface area contributed by atoms with E-state index in [4.69, 9.17) is 11.6 Å². The van der Waals surface area contributed by atoms with Gasteiger partial charge < -0.3 is 15.7 Å². The van der Waals surface area contributed by atoms with Crippen LogP contribution in [0.1, 0.15) is 16.0 Å². The van der Waals surface area contributed by atoms with E-state index in [0.717, 1.165) is 16.0 Å². The zero-order chi connectivity index (χ0) is 17.7. The van der Waals surface area contributed by atoms with Crippen molar-refractivity contribution in [2.24, 2.45) is 0 Å². The average Bonchev–Trinajstić information content (AvgIpc) is 3.33. The quantitative estimate of drug-likeness (QED) is 0.588. The van der Waals surface area contributed by atoms with Crippen molar-refractivity contribution < 1.29 is 9.90 Å². The van der Waals surface area contributed by atoms with E-state index in [2.05, 4.69) is 10.6 Å². The van der Waals surface area contributed by atoms with Gasteiger partial charge in [-0.3, -0.25) is 0 Å². The van der Waals surface area contributed by atoms with Gasteiger partial charge in [0.25, 0.3) is 0 Å². The molecule has 2 heterocycles. The highest BCUT2D eigenvalue weighted by Crippen LogP contribution is 2.33. The topological polar surface area (TPSA) is 61.4 Å². The second kappa shape index (κ2) is 8.01. The summed E-state index contributed by atoms with van der Waals surface area (Å²) in [6.07, 6.45) is 0. The number of halogens is 1. The van der Waals surface area contributed by atoms with E-state index in [9.17, 15) is 9.90 Å². The van der Waals surface area contributed by atoms with Crippen molar-refractivity contribution in [1.29, 1.82) is 0 Å². The molecule has 1 aromatic carbocycles. The molecule has 2 aromatic heterocycles. The molecule has 0 aliphatic rings. The Labute approximate surface area is 159 Å². The third-order valence-electron chi connectivity index (χ3n) is 3.80. The fraction of sp³-hybridized carbons (Fsp3) is 0.167. The molecule has 1 atom stereocenters. The smallest absolute Gasteiger partial charge is 0.315 e. The Kier molecular flexibility index (Phi) is 5.75. The van der Waals surface area contributed by atoms with Crippen LogP contribution in [0.5, 0.6) is 0 Å². The van der Waals surface area contributed by atoms with Crippen LogP contribution < -0.4 is 10.6 Å². The number of urea groups is 1. The maximum Gasteiger partial charge on any atom is 0.315 e. The van der Waals surface area contributed by atoms with E-state index < -0.39 is 5.60 Å². The van der Waals surface area contributed by atoms with E-state index in [-0.39, 0.29) is 12.6 Å². The van der Waals surface area contributed by atoms with Gasteiger partial charge in [-0.15, -0.1) is 11.3 Å². The molecule has 0 radical (unpaired) electrons. The molecule has 3 N–H and O–H groups in total. The Balaban J connectivity index is 1.61. The summed E-state index contributed by atoms with van der Waals surface area (Å²) in [5.41, 5.74) is 0.495. The van der Waals surface area contributed by atoms with Gasteiger partial charge in [-0.25, -0.2) is 4.79 Å². The van der Waals surface area contributed by atoms with Crippen LogP contribution in [0.3, 0.4) is 0 Å². The second-order valence-electron chi connectivity index (χ2n) is 5.51. The first-order valence-corrected chi connectivity index (χ1v) is 9.83.